The van der Waals surface area contributed by atoms with E-state index in [1.807, 2.05) is 12.1 Å². The second-order valence-electron chi connectivity index (χ2n) is 5.57. The Morgan fingerprint density at radius 3 is 2.85 bits per heavy atom. The number of anilines is 1. The zero-order valence-electron chi connectivity index (χ0n) is 11.4. The van der Waals surface area contributed by atoms with Crippen molar-refractivity contribution in [1.82, 2.24) is 0 Å². The molecule has 2 aromatic carbocycles. The summed E-state index contributed by atoms with van der Waals surface area (Å²) in [5.41, 5.74) is 3.85. The first-order chi connectivity index (χ1) is 9.63. The van der Waals surface area contributed by atoms with Gasteiger partial charge in [-0.25, -0.2) is 4.39 Å². The van der Waals surface area contributed by atoms with Crippen LogP contribution in [0.5, 0.6) is 0 Å². The fraction of sp³-hybridized carbons (Fsp3) is 0.294. The Balaban J connectivity index is 1.89. The van der Waals surface area contributed by atoms with Crippen LogP contribution < -0.4 is 4.90 Å². The van der Waals surface area contributed by atoms with Gasteiger partial charge in [-0.05, 0) is 57.6 Å². The Hall–Kier alpha value is -1.35. The van der Waals surface area contributed by atoms with Gasteiger partial charge >= 0.3 is 0 Å². The number of halogens is 2. The zero-order valence-corrected chi connectivity index (χ0v) is 13.0. The van der Waals surface area contributed by atoms with Crippen molar-refractivity contribution in [2.45, 2.75) is 19.9 Å². The number of rotatable bonds is 2. The summed E-state index contributed by atoms with van der Waals surface area (Å²) in [4.78, 5) is 2.39. The molecule has 1 heterocycles. The van der Waals surface area contributed by atoms with Crippen LogP contribution in [-0.4, -0.2) is 6.54 Å². The van der Waals surface area contributed by atoms with Crippen LogP contribution in [0.3, 0.4) is 0 Å². The largest absolute Gasteiger partial charge is 0.367 e. The highest BCUT2D eigenvalue weighted by molar-refractivity contribution is 9.10. The van der Waals surface area contributed by atoms with E-state index in [-0.39, 0.29) is 5.82 Å². The summed E-state index contributed by atoms with van der Waals surface area (Å²) in [6.07, 6.45) is 1.14. The normalized spacial score (nSPS) is 17.9. The molecule has 0 N–H and O–H groups in total. The number of hydrogen-bond acceptors (Lipinski definition) is 1. The van der Waals surface area contributed by atoms with Crippen molar-refractivity contribution in [2.24, 2.45) is 5.92 Å². The van der Waals surface area contributed by atoms with Crippen LogP contribution >= 0.6 is 15.9 Å². The summed E-state index contributed by atoms with van der Waals surface area (Å²) in [5.74, 6) is 0.440. The molecule has 3 heteroatoms. The maximum Gasteiger partial charge on any atom is 0.137 e. The summed E-state index contributed by atoms with van der Waals surface area (Å²) in [5, 5.41) is 0. The molecule has 104 valence electrons. The molecule has 0 bridgehead atoms. The van der Waals surface area contributed by atoms with E-state index in [1.54, 1.807) is 0 Å². The highest BCUT2D eigenvalue weighted by atomic mass is 79.9. The van der Waals surface area contributed by atoms with Gasteiger partial charge in [0.25, 0.3) is 0 Å². The van der Waals surface area contributed by atoms with Gasteiger partial charge in [-0.15, -0.1) is 0 Å². The van der Waals surface area contributed by atoms with Crippen LogP contribution in [0.25, 0.3) is 0 Å². The zero-order chi connectivity index (χ0) is 14.1. The van der Waals surface area contributed by atoms with Crippen LogP contribution in [0, 0.1) is 11.7 Å². The Bertz CT molecular complexity index is 626. The van der Waals surface area contributed by atoms with Crippen LogP contribution in [0.15, 0.2) is 46.9 Å². The van der Waals surface area contributed by atoms with Gasteiger partial charge in [-0.3, -0.25) is 0 Å². The molecular weight excluding hydrogens is 317 g/mol. The summed E-state index contributed by atoms with van der Waals surface area (Å²) >= 11 is 3.26. The van der Waals surface area contributed by atoms with Crippen LogP contribution in [0.2, 0.25) is 0 Å². The minimum Gasteiger partial charge on any atom is -0.367 e. The molecule has 3 rings (SSSR count). The number of nitrogens with zero attached hydrogens (tertiary/aromatic N) is 1. The molecule has 1 aliphatic rings. The quantitative estimate of drug-likeness (QED) is 0.763. The van der Waals surface area contributed by atoms with Gasteiger partial charge in [0.1, 0.15) is 5.82 Å². The fourth-order valence-corrected chi connectivity index (χ4v) is 3.34. The predicted octanol–water partition coefficient (Wildman–Crippen LogP) is 4.79. The van der Waals surface area contributed by atoms with Crippen molar-refractivity contribution in [2.75, 3.05) is 11.4 Å². The molecule has 1 aliphatic heterocycles. The van der Waals surface area contributed by atoms with E-state index in [9.17, 15) is 4.39 Å². The predicted molar refractivity (Wildman–Crippen MR) is 84.5 cm³/mol. The molecule has 1 nitrogen and oxygen atoms in total. The molecule has 2 aromatic rings. The number of fused-ring (bicyclic) bond motifs is 1. The van der Waals surface area contributed by atoms with Gasteiger partial charge in [0, 0.05) is 18.8 Å². The first-order valence-electron chi connectivity index (χ1n) is 6.90. The molecular formula is C17H17BrFN. The fourth-order valence-electron chi connectivity index (χ4n) is 2.91. The van der Waals surface area contributed by atoms with Crippen LogP contribution in [0.4, 0.5) is 10.1 Å². The average Bonchev–Trinajstić information content (AvgIpc) is 2.43. The number of hydrogen-bond donors (Lipinski definition) is 0. The first kappa shape index (κ1) is 13.6. The molecule has 0 aromatic heterocycles. The van der Waals surface area contributed by atoms with E-state index in [0.717, 1.165) is 25.1 Å². The lowest BCUT2D eigenvalue weighted by Gasteiger charge is -2.35. The number of benzene rings is 2. The van der Waals surface area contributed by atoms with Gasteiger partial charge in [0.2, 0.25) is 0 Å². The van der Waals surface area contributed by atoms with E-state index >= 15 is 0 Å². The van der Waals surface area contributed by atoms with E-state index in [0.29, 0.717) is 10.4 Å². The Kier molecular flexibility index (Phi) is 3.79. The van der Waals surface area contributed by atoms with Gasteiger partial charge in [0.05, 0.1) is 4.47 Å². The Morgan fingerprint density at radius 2 is 2.05 bits per heavy atom. The van der Waals surface area contributed by atoms with E-state index in [4.69, 9.17) is 0 Å². The minimum atomic E-state index is -0.207. The van der Waals surface area contributed by atoms with Crippen LogP contribution in [0.1, 0.15) is 18.1 Å². The van der Waals surface area contributed by atoms with E-state index in [1.165, 1.54) is 17.3 Å². The summed E-state index contributed by atoms with van der Waals surface area (Å²) in [6, 6.07) is 13.8. The highest BCUT2D eigenvalue weighted by Crippen LogP contribution is 2.31. The van der Waals surface area contributed by atoms with Gasteiger partial charge in [0.15, 0.2) is 0 Å². The second kappa shape index (κ2) is 5.57. The summed E-state index contributed by atoms with van der Waals surface area (Å²) in [7, 11) is 0. The van der Waals surface area contributed by atoms with Crippen molar-refractivity contribution in [3.8, 4) is 0 Å². The molecule has 0 spiro atoms. The summed E-state index contributed by atoms with van der Waals surface area (Å²) < 4.78 is 13.9. The maximum absolute atomic E-state index is 13.3. The van der Waals surface area contributed by atoms with E-state index < -0.39 is 0 Å². The van der Waals surface area contributed by atoms with Gasteiger partial charge in [-0.2, -0.15) is 0 Å². The third kappa shape index (κ3) is 2.73. The first-order valence-corrected chi connectivity index (χ1v) is 7.69. The third-order valence-corrected chi connectivity index (χ3v) is 4.40. The van der Waals surface area contributed by atoms with Crippen molar-refractivity contribution >= 4 is 21.6 Å². The smallest absolute Gasteiger partial charge is 0.137 e. The number of para-hydroxylation sites is 1. The third-order valence-electron chi connectivity index (χ3n) is 3.79. The Labute approximate surface area is 127 Å². The topological polar surface area (TPSA) is 3.24 Å². The SMILES string of the molecule is CC1Cc2ccccc2N(Cc2ccc(F)c(Br)c2)C1. The lowest BCUT2D eigenvalue weighted by Crippen LogP contribution is -2.33. The molecule has 0 saturated carbocycles. The highest BCUT2D eigenvalue weighted by Gasteiger charge is 2.21. The minimum absolute atomic E-state index is 0.207. The Morgan fingerprint density at radius 1 is 1.25 bits per heavy atom. The monoisotopic (exact) mass is 333 g/mol. The standard InChI is InChI=1S/C17H17BrFN/c1-12-8-14-4-2-3-5-17(14)20(10-12)11-13-6-7-16(19)15(18)9-13/h2-7,9,12H,8,10-11H2,1H3. The van der Waals surface area contributed by atoms with E-state index in [2.05, 4.69) is 52.0 Å². The molecule has 0 amide bonds. The molecule has 0 saturated heterocycles. The van der Waals surface area contributed by atoms with Crippen molar-refractivity contribution in [3.05, 3.63) is 63.9 Å². The lowest BCUT2D eigenvalue weighted by molar-refractivity contribution is 0.530. The molecule has 0 radical (unpaired) electrons. The van der Waals surface area contributed by atoms with Crippen molar-refractivity contribution < 1.29 is 4.39 Å². The summed E-state index contributed by atoms with van der Waals surface area (Å²) in [6.45, 7) is 4.15. The lowest BCUT2D eigenvalue weighted by atomic mass is 9.93. The molecule has 0 aliphatic carbocycles. The van der Waals surface area contributed by atoms with Crippen molar-refractivity contribution in [1.29, 1.82) is 0 Å². The van der Waals surface area contributed by atoms with Gasteiger partial charge in [-0.1, -0.05) is 31.2 Å². The molecule has 20 heavy (non-hydrogen) atoms. The van der Waals surface area contributed by atoms with Crippen molar-refractivity contribution in [3.63, 3.8) is 0 Å². The van der Waals surface area contributed by atoms with Gasteiger partial charge < -0.3 is 4.90 Å². The maximum atomic E-state index is 13.3. The average molecular weight is 334 g/mol. The molecule has 1 unspecified atom stereocenters. The second-order valence-corrected chi connectivity index (χ2v) is 6.42. The molecule has 1 atom stereocenters. The molecule has 0 fully saturated rings. The van der Waals surface area contributed by atoms with Crippen LogP contribution in [-0.2, 0) is 13.0 Å².